The molecule has 1 aliphatic rings. The number of thioether (sulfide) groups is 1. The second kappa shape index (κ2) is 27.4. The van der Waals surface area contributed by atoms with Crippen molar-refractivity contribution >= 4 is 23.8 Å². The third kappa shape index (κ3) is 21.4. The molecular weight excluding hydrogens is 501 g/mol. The molecule has 39 heavy (non-hydrogen) atoms. The fraction of sp³-hybridized carbons (Fsp3) is 0.600. The van der Waals surface area contributed by atoms with E-state index in [2.05, 4.69) is 64.1 Å². The molecule has 4 heteroatoms. The number of benzene rings is 1. The van der Waals surface area contributed by atoms with Gasteiger partial charge in [0, 0.05) is 12.6 Å². The Labute approximate surface area is 245 Å². The molecule has 0 N–H and O–H groups in total. The molecule has 0 radical (unpaired) electrons. The molecule has 0 fully saturated rings. The third-order valence-corrected chi connectivity index (χ3v) is 7.23. The predicted molar refractivity (Wildman–Crippen MR) is 175 cm³/mol. The lowest BCUT2D eigenvalue weighted by Crippen LogP contribution is -2.15. The average Bonchev–Trinajstić information content (AvgIpc) is 2.94. The van der Waals surface area contributed by atoms with Gasteiger partial charge in [-0.05, 0) is 78.7 Å². The highest BCUT2D eigenvalue weighted by atomic mass is 32.2. The number of dihydropyridines is 1. The first-order valence-corrected chi connectivity index (χ1v) is 16.1. The van der Waals surface area contributed by atoms with Crippen LogP contribution in [0.15, 0.2) is 51.9 Å². The Morgan fingerprint density at radius 2 is 1.51 bits per heavy atom. The van der Waals surface area contributed by atoms with Crippen molar-refractivity contribution in [2.24, 2.45) is 16.8 Å². The molecule has 2 nitrogen and oxygen atoms in total. The van der Waals surface area contributed by atoms with E-state index < -0.39 is 0 Å². The van der Waals surface area contributed by atoms with Crippen LogP contribution < -0.4 is 0 Å². The Morgan fingerprint density at radius 3 is 1.95 bits per heavy atom. The van der Waals surface area contributed by atoms with Gasteiger partial charge in [0.1, 0.15) is 11.6 Å². The van der Waals surface area contributed by atoms with Crippen LogP contribution in [0.1, 0.15) is 111 Å². The van der Waals surface area contributed by atoms with Gasteiger partial charge in [-0.1, -0.05) is 97.6 Å². The zero-order chi connectivity index (χ0) is 29.9. The molecule has 0 spiro atoms. The number of terminal acetylenes is 1. The summed E-state index contributed by atoms with van der Waals surface area (Å²) in [4.78, 5) is 14.8. The quantitative estimate of drug-likeness (QED) is 0.213. The minimum Gasteiger partial charge on any atom is -0.300 e. The van der Waals surface area contributed by atoms with Gasteiger partial charge >= 0.3 is 0 Å². The fourth-order valence-electron chi connectivity index (χ4n) is 4.60. The van der Waals surface area contributed by atoms with Crippen LogP contribution in [0.25, 0.3) is 0 Å². The predicted octanol–water partition coefficient (Wildman–Crippen LogP) is 10.7. The zero-order valence-corrected chi connectivity index (χ0v) is 26.8. The maximum atomic E-state index is 12.4. The monoisotopic (exact) mass is 557 g/mol. The lowest BCUT2D eigenvalue weighted by atomic mass is 9.79. The van der Waals surface area contributed by atoms with Crippen LogP contribution in [-0.2, 0) is 11.2 Å². The van der Waals surface area contributed by atoms with E-state index in [-0.39, 0.29) is 11.6 Å². The number of hydrogen-bond donors (Lipinski definition) is 0. The molecule has 2 rings (SSSR count). The maximum absolute atomic E-state index is 12.4. The second-order valence-corrected chi connectivity index (χ2v) is 10.8. The SMILES string of the molecule is C#C.CC(=O)CCc1ccc(F)cc1.CCCCC(CCC)C(CCC)CCC.CS/C=C1\CN=CC=C1C. The molecule has 0 aliphatic carbocycles. The van der Waals surface area contributed by atoms with E-state index in [9.17, 15) is 9.18 Å². The van der Waals surface area contributed by atoms with E-state index in [0.717, 1.165) is 23.9 Å². The molecule has 0 saturated carbocycles. The van der Waals surface area contributed by atoms with Crippen molar-refractivity contribution in [3.05, 3.63) is 58.3 Å². The number of allylic oxidation sites excluding steroid dienone is 1. The van der Waals surface area contributed by atoms with E-state index in [1.807, 2.05) is 12.3 Å². The summed E-state index contributed by atoms with van der Waals surface area (Å²) < 4.78 is 12.4. The summed E-state index contributed by atoms with van der Waals surface area (Å²) in [7, 11) is 0. The van der Waals surface area contributed by atoms with Crippen LogP contribution in [0.5, 0.6) is 0 Å². The molecule has 1 unspecified atom stereocenters. The standard InChI is InChI=1S/C15H32.C10H11FO.C8H11NS.C2H2/c1-5-9-13-15(12-8-4)14(10-6-2)11-7-3;1-8(12)2-3-9-4-6-10(11)7-5-9;1-7-3-4-9-5-8(7)6-10-2;1-2/h14-15H,5-13H2,1-4H3;4-7H,2-3H2,1H3;3-4,6H,5H2,1-2H3;1-2H/b;;8-6+;. The Hall–Kier alpha value is -2.12. The van der Waals surface area contributed by atoms with Crippen molar-refractivity contribution in [1.82, 2.24) is 0 Å². The molecule has 0 bridgehead atoms. The molecule has 0 saturated heterocycles. The van der Waals surface area contributed by atoms with E-state index in [1.54, 1.807) is 30.8 Å². The molecule has 1 aromatic rings. The van der Waals surface area contributed by atoms with Gasteiger partial charge < -0.3 is 4.79 Å². The summed E-state index contributed by atoms with van der Waals surface area (Å²) in [5.41, 5.74) is 3.69. The van der Waals surface area contributed by atoms with Gasteiger partial charge in [0.15, 0.2) is 0 Å². The number of ketones is 1. The summed E-state index contributed by atoms with van der Waals surface area (Å²) in [6, 6.07) is 6.24. The van der Waals surface area contributed by atoms with Crippen molar-refractivity contribution in [1.29, 1.82) is 0 Å². The number of carbonyl (C=O) groups excluding carboxylic acids is 1. The fourth-order valence-corrected chi connectivity index (χ4v) is 5.15. The van der Waals surface area contributed by atoms with E-state index in [0.29, 0.717) is 12.8 Å². The lowest BCUT2D eigenvalue weighted by Gasteiger charge is -2.26. The van der Waals surface area contributed by atoms with Gasteiger partial charge in [0.05, 0.1) is 6.54 Å². The van der Waals surface area contributed by atoms with Crippen molar-refractivity contribution in [3.8, 4) is 12.8 Å². The van der Waals surface area contributed by atoms with E-state index >= 15 is 0 Å². The second-order valence-electron chi connectivity index (χ2n) is 10.1. The van der Waals surface area contributed by atoms with Crippen LogP contribution in [0.4, 0.5) is 4.39 Å². The summed E-state index contributed by atoms with van der Waals surface area (Å²) in [6.45, 7) is 13.9. The van der Waals surface area contributed by atoms with Gasteiger partial charge in [0.25, 0.3) is 0 Å². The number of halogens is 1. The van der Waals surface area contributed by atoms with Crippen molar-refractivity contribution in [3.63, 3.8) is 0 Å². The van der Waals surface area contributed by atoms with Crippen molar-refractivity contribution in [2.75, 3.05) is 12.8 Å². The van der Waals surface area contributed by atoms with Crippen LogP contribution in [0, 0.1) is 30.5 Å². The number of aliphatic imine (C=N–C) groups is 1. The first kappa shape index (κ1) is 39.0. The van der Waals surface area contributed by atoms with Gasteiger partial charge in [-0.15, -0.1) is 24.6 Å². The number of hydrogen-bond acceptors (Lipinski definition) is 3. The number of Topliss-reactive ketones (excluding diaryl/α,β-unsaturated/α-hetero) is 1. The maximum Gasteiger partial charge on any atom is 0.130 e. The zero-order valence-electron chi connectivity index (χ0n) is 26.0. The topological polar surface area (TPSA) is 29.4 Å². The first-order chi connectivity index (χ1) is 18.8. The highest BCUT2D eigenvalue weighted by Crippen LogP contribution is 2.30. The van der Waals surface area contributed by atoms with Gasteiger partial charge in [-0.25, -0.2) is 4.39 Å². The van der Waals surface area contributed by atoms with Crippen molar-refractivity contribution in [2.45, 2.75) is 112 Å². The highest BCUT2D eigenvalue weighted by molar-refractivity contribution is 8.01. The summed E-state index contributed by atoms with van der Waals surface area (Å²) in [6.07, 6.45) is 28.0. The van der Waals surface area contributed by atoms with Crippen LogP contribution in [0.3, 0.4) is 0 Å². The first-order valence-electron chi connectivity index (χ1n) is 14.8. The van der Waals surface area contributed by atoms with Crippen LogP contribution >= 0.6 is 11.8 Å². The molecule has 1 heterocycles. The molecule has 1 atom stereocenters. The highest BCUT2D eigenvalue weighted by Gasteiger charge is 2.18. The van der Waals surface area contributed by atoms with E-state index in [4.69, 9.17) is 0 Å². The van der Waals surface area contributed by atoms with Crippen molar-refractivity contribution < 1.29 is 9.18 Å². The molecular formula is C35H56FNOS. The minimum atomic E-state index is -0.235. The van der Waals surface area contributed by atoms with E-state index in [1.165, 1.54) is 81.1 Å². The number of unbranched alkanes of at least 4 members (excludes halogenated alkanes) is 1. The molecule has 1 aromatic carbocycles. The smallest absolute Gasteiger partial charge is 0.130 e. The van der Waals surface area contributed by atoms with Crippen LogP contribution in [0.2, 0.25) is 0 Å². The molecule has 220 valence electrons. The normalized spacial score (nSPS) is 13.7. The Bertz CT molecular complexity index is 832. The number of aryl methyl sites for hydroxylation is 1. The summed E-state index contributed by atoms with van der Waals surface area (Å²) >= 11 is 1.74. The number of rotatable bonds is 14. The van der Waals surface area contributed by atoms with Gasteiger partial charge in [-0.2, -0.15) is 0 Å². The molecule has 0 aromatic heterocycles. The Kier molecular flexibility index (Phi) is 27.5. The molecule has 0 amide bonds. The third-order valence-electron chi connectivity index (χ3n) is 6.71. The largest absolute Gasteiger partial charge is 0.300 e. The van der Waals surface area contributed by atoms with Gasteiger partial charge in [-0.3, -0.25) is 4.99 Å². The lowest BCUT2D eigenvalue weighted by molar-refractivity contribution is -0.116. The minimum absolute atomic E-state index is 0.166. The average molecular weight is 558 g/mol. The Balaban J connectivity index is 0. The molecule has 1 aliphatic heterocycles. The number of carbonyl (C=O) groups is 1. The summed E-state index contributed by atoms with van der Waals surface area (Å²) in [5, 5.41) is 2.16. The number of nitrogens with zero attached hydrogens (tertiary/aromatic N) is 1. The summed E-state index contributed by atoms with van der Waals surface area (Å²) in [5.74, 6) is 1.97. The van der Waals surface area contributed by atoms with Gasteiger partial charge in [0.2, 0.25) is 0 Å². The Morgan fingerprint density at radius 1 is 0.974 bits per heavy atom. The van der Waals surface area contributed by atoms with Crippen LogP contribution in [-0.4, -0.2) is 24.8 Å².